The molecule has 1 amide bonds. The van der Waals surface area contributed by atoms with Gasteiger partial charge in [0.1, 0.15) is 6.61 Å². The van der Waals surface area contributed by atoms with Gasteiger partial charge in [0.2, 0.25) is 0 Å². The zero-order chi connectivity index (χ0) is 16.5. The number of ether oxygens (including phenoxy) is 1. The van der Waals surface area contributed by atoms with Gasteiger partial charge in [-0.15, -0.1) is 0 Å². The van der Waals surface area contributed by atoms with Gasteiger partial charge in [0.05, 0.1) is 0 Å². The maximum atomic E-state index is 12.6. The highest BCUT2D eigenvalue weighted by atomic mass is 19.3. The van der Waals surface area contributed by atoms with Gasteiger partial charge in [-0.3, -0.25) is 0 Å². The lowest BCUT2D eigenvalue weighted by atomic mass is 10.1. The van der Waals surface area contributed by atoms with Crippen LogP contribution in [0.25, 0.3) is 6.08 Å². The Balaban J connectivity index is 1.73. The number of alkyl carbamates (subject to hydrolysis) is 1. The van der Waals surface area contributed by atoms with Crippen molar-refractivity contribution in [1.29, 1.82) is 0 Å². The van der Waals surface area contributed by atoms with E-state index in [0.717, 1.165) is 5.56 Å². The molecule has 0 heterocycles. The molecular weight excluding hydrogens is 300 g/mol. The lowest BCUT2D eigenvalue weighted by Gasteiger charge is -2.05. The summed E-state index contributed by atoms with van der Waals surface area (Å²) in [6.07, 6.45) is 0.326. The molecule has 0 aliphatic heterocycles. The third-order valence-corrected chi connectivity index (χ3v) is 3.05. The fourth-order valence-corrected chi connectivity index (χ4v) is 1.91. The summed E-state index contributed by atoms with van der Waals surface area (Å²) in [5, 5.41) is 2.56. The van der Waals surface area contributed by atoms with Crippen molar-refractivity contribution in [1.82, 2.24) is 5.32 Å². The van der Waals surface area contributed by atoms with Gasteiger partial charge >= 0.3 is 6.09 Å². The topological polar surface area (TPSA) is 38.3 Å². The third kappa shape index (κ3) is 5.90. The first-order valence-electron chi connectivity index (χ1n) is 7.14. The van der Waals surface area contributed by atoms with Crippen LogP contribution in [0.4, 0.5) is 13.6 Å². The molecule has 0 saturated carbocycles. The summed E-state index contributed by atoms with van der Waals surface area (Å²) in [4.78, 5) is 11.5. The van der Waals surface area contributed by atoms with Gasteiger partial charge in [0.15, 0.2) is 0 Å². The molecule has 0 bridgehead atoms. The van der Waals surface area contributed by atoms with Crippen LogP contribution in [0, 0.1) is 0 Å². The maximum absolute atomic E-state index is 12.6. The number of amides is 1. The smallest absolute Gasteiger partial charge is 0.407 e. The molecule has 0 spiro atoms. The fraction of sp³-hybridized carbons (Fsp3) is 0.167. The number of rotatable bonds is 6. The molecule has 0 aromatic heterocycles. The predicted octanol–water partition coefficient (Wildman–Crippen LogP) is 4.56. The average molecular weight is 317 g/mol. The van der Waals surface area contributed by atoms with Crippen LogP contribution in [0.1, 0.15) is 23.1 Å². The van der Waals surface area contributed by atoms with E-state index in [1.807, 2.05) is 30.3 Å². The predicted molar refractivity (Wildman–Crippen MR) is 85.1 cm³/mol. The Morgan fingerprint density at radius 1 is 1.13 bits per heavy atom. The molecule has 23 heavy (non-hydrogen) atoms. The van der Waals surface area contributed by atoms with E-state index >= 15 is 0 Å². The first-order valence-corrected chi connectivity index (χ1v) is 7.14. The number of carbonyl (C=O) groups excluding carboxylic acids is 1. The first kappa shape index (κ1) is 16.7. The average Bonchev–Trinajstić information content (AvgIpc) is 2.58. The number of nitrogens with one attached hydrogen (secondary N) is 1. The van der Waals surface area contributed by atoms with Gasteiger partial charge in [-0.05, 0) is 17.2 Å². The molecule has 0 radical (unpaired) electrons. The summed E-state index contributed by atoms with van der Waals surface area (Å²) >= 11 is 0. The van der Waals surface area contributed by atoms with Crippen molar-refractivity contribution in [2.24, 2.45) is 0 Å². The van der Waals surface area contributed by atoms with E-state index in [0.29, 0.717) is 5.56 Å². The van der Waals surface area contributed by atoms with Gasteiger partial charge in [-0.25, -0.2) is 13.6 Å². The standard InChI is InChI=1S/C18H17F2NO2/c19-17(20)16-10-4-8-14(12-16)9-5-11-21-18(22)23-13-15-6-2-1-3-7-15/h1-10,12,17H,11,13H2,(H,21,22). The lowest BCUT2D eigenvalue weighted by molar-refractivity contribution is 0.140. The Hall–Kier alpha value is -2.69. The summed E-state index contributed by atoms with van der Waals surface area (Å²) < 4.78 is 30.2. The zero-order valence-corrected chi connectivity index (χ0v) is 12.4. The molecular formula is C18H17F2NO2. The number of halogens is 2. The quantitative estimate of drug-likeness (QED) is 0.848. The lowest BCUT2D eigenvalue weighted by Crippen LogP contribution is -2.24. The van der Waals surface area contributed by atoms with Crippen molar-refractivity contribution in [2.75, 3.05) is 6.54 Å². The minimum Gasteiger partial charge on any atom is -0.445 e. The number of hydrogen-bond acceptors (Lipinski definition) is 2. The van der Waals surface area contributed by atoms with Crippen LogP contribution in [0.15, 0.2) is 60.7 Å². The molecule has 120 valence electrons. The second-order valence-electron chi connectivity index (χ2n) is 4.82. The molecule has 0 unspecified atom stereocenters. The number of hydrogen-bond donors (Lipinski definition) is 1. The Labute approximate surface area is 133 Å². The summed E-state index contributed by atoms with van der Waals surface area (Å²) in [6, 6.07) is 15.4. The molecule has 1 N–H and O–H groups in total. The summed E-state index contributed by atoms with van der Waals surface area (Å²) in [5.74, 6) is 0. The molecule has 0 aliphatic carbocycles. The van der Waals surface area contributed by atoms with Gasteiger partial charge in [-0.1, -0.05) is 60.7 Å². The summed E-state index contributed by atoms with van der Waals surface area (Å²) in [5.41, 5.74) is 1.53. The van der Waals surface area contributed by atoms with Gasteiger partial charge in [0.25, 0.3) is 6.43 Å². The summed E-state index contributed by atoms with van der Waals surface area (Å²) in [6.45, 7) is 0.458. The van der Waals surface area contributed by atoms with Gasteiger partial charge in [-0.2, -0.15) is 0 Å². The van der Waals surface area contributed by atoms with E-state index in [-0.39, 0.29) is 18.7 Å². The van der Waals surface area contributed by atoms with Crippen molar-refractivity contribution in [2.45, 2.75) is 13.0 Å². The van der Waals surface area contributed by atoms with E-state index in [9.17, 15) is 13.6 Å². The normalized spacial score (nSPS) is 10.9. The highest BCUT2D eigenvalue weighted by molar-refractivity contribution is 5.67. The molecule has 0 saturated heterocycles. The van der Waals surface area contributed by atoms with E-state index in [2.05, 4.69) is 5.32 Å². The Morgan fingerprint density at radius 2 is 1.91 bits per heavy atom. The van der Waals surface area contributed by atoms with Gasteiger partial charge in [0, 0.05) is 12.1 Å². The molecule has 2 aromatic rings. The molecule has 0 atom stereocenters. The monoisotopic (exact) mass is 317 g/mol. The van der Waals surface area contributed by atoms with Crippen LogP contribution in [-0.2, 0) is 11.3 Å². The van der Waals surface area contributed by atoms with Crippen LogP contribution >= 0.6 is 0 Å². The van der Waals surface area contributed by atoms with E-state index in [1.54, 1.807) is 24.3 Å². The molecule has 3 nitrogen and oxygen atoms in total. The Kier molecular flexibility index (Phi) is 6.29. The van der Waals surface area contributed by atoms with E-state index < -0.39 is 12.5 Å². The summed E-state index contributed by atoms with van der Waals surface area (Å²) in [7, 11) is 0. The zero-order valence-electron chi connectivity index (χ0n) is 12.4. The SMILES string of the molecule is O=C(NCC=Cc1cccc(C(F)F)c1)OCc1ccccc1. The van der Waals surface area contributed by atoms with Crippen molar-refractivity contribution in [3.05, 3.63) is 77.4 Å². The highest BCUT2D eigenvalue weighted by Gasteiger charge is 2.05. The fourth-order valence-electron chi connectivity index (χ4n) is 1.91. The minimum absolute atomic E-state index is 0.0256. The maximum Gasteiger partial charge on any atom is 0.407 e. The van der Waals surface area contributed by atoms with Crippen LogP contribution in [0.3, 0.4) is 0 Å². The molecule has 2 aromatic carbocycles. The Bertz CT molecular complexity index is 657. The minimum atomic E-state index is -2.49. The molecule has 0 aliphatic rings. The number of alkyl halides is 2. The van der Waals surface area contributed by atoms with Crippen molar-refractivity contribution >= 4 is 12.2 Å². The third-order valence-electron chi connectivity index (χ3n) is 3.05. The van der Waals surface area contributed by atoms with Crippen LogP contribution in [0.5, 0.6) is 0 Å². The first-order chi connectivity index (χ1) is 11.1. The second-order valence-corrected chi connectivity index (χ2v) is 4.82. The van der Waals surface area contributed by atoms with Crippen LogP contribution in [0.2, 0.25) is 0 Å². The van der Waals surface area contributed by atoms with Crippen molar-refractivity contribution in [3.63, 3.8) is 0 Å². The number of benzene rings is 2. The largest absolute Gasteiger partial charge is 0.445 e. The van der Waals surface area contributed by atoms with E-state index in [1.165, 1.54) is 12.1 Å². The molecule has 0 fully saturated rings. The van der Waals surface area contributed by atoms with Gasteiger partial charge < -0.3 is 10.1 Å². The number of carbonyl (C=O) groups is 1. The highest BCUT2D eigenvalue weighted by Crippen LogP contribution is 2.19. The Morgan fingerprint density at radius 3 is 2.65 bits per heavy atom. The van der Waals surface area contributed by atoms with Crippen molar-refractivity contribution < 1.29 is 18.3 Å². The van der Waals surface area contributed by atoms with Crippen LogP contribution < -0.4 is 5.32 Å². The van der Waals surface area contributed by atoms with Crippen molar-refractivity contribution in [3.8, 4) is 0 Å². The van der Waals surface area contributed by atoms with Crippen LogP contribution in [-0.4, -0.2) is 12.6 Å². The molecule has 5 heteroatoms. The molecule has 2 rings (SSSR count). The second kappa shape index (κ2) is 8.68. The van der Waals surface area contributed by atoms with E-state index in [4.69, 9.17) is 4.74 Å².